The lowest BCUT2D eigenvalue weighted by Crippen LogP contribution is -2.28. The molecule has 8 heteroatoms. The number of carbonyl (C=O) groups excluding carboxylic acids is 1. The Balaban J connectivity index is 1.52. The van der Waals surface area contributed by atoms with E-state index in [1.807, 2.05) is 24.3 Å². The molecule has 2 aromatic carbocycles. The number of benzene rings is 2. The molecule has 1 aromatic heterocycles. The molecule has 0 atom stereocenters. The Bertz CT molecular complexity index is 953. The summed E-state index contributed by atoms with van der Waals surface area (Å²) in [5.74, 6) is 2.21. The number of nitrogens with zero attached hydrogens (tertiary/aromatic N) is 2. The van der Waals surface area contributed by atoms with E-state index in [9.17, 15) is 4.79 Å². The number of hydrogen-bond acceptors (Lipinski definition) is 7. The lowest BCUT2D eigenvalue weighted by Gasteiger charge is -2.07. The number of ether oxygens (including phenoxy) is 3. The lowest BCUT2D eigenvalue weighted by molar-refractivity contribution is -0.123. The Morgan fingerprint density at radius 1 is 1.07 bits per heavy atom. The predicted molar refractivity (Wildman–Crippen MR) is 106 cm³/mol. The highest BCUT2D eigenvalue weighted by atomic mass is 16.5. The van der Waals surface area contributed by atoms with Crippen LogP contribution < -0.4 is 19.5 Å². The minimum atomic E-state index is -0.282. The van der Waals surface area contributed by atoms with Gasteiger partial charge in [-0.25, -0.2) is 0 Å². The Morgan fingerprint density at radius 3 is 2.52 bits per heavy atom. The van der Waals surface area contributed by atoms with Crippen LogP contribution in [0.4, 0.5) is 0 Å². The van der Waals surface area contributed by atoms with Crippen molar-refractivity contribution in [3.8, 4) is 28.6 Å². The van der Waals surface area contributed by atoms with Crippen LogP contribution in [0.25, 0.3) is 11.4 Å². The zero-order valence-corrected chi connectivity index (χ0v) is 16.6. The van der Waals surface area contributed by atoms with Crippen LogP contribution in [0.15, 0.2) is 47.0 Å². The number of aryl methyl sites for hydroxylation is 1. The molecule has 0 radical (unpaired) electrons. The lowest BCUT2D eigenvalue weighted by atomic mass is 10.2. The van der Waals surface area contributed by atoms with Gasteiger partial charge in [0, 0.05) is 5.56 Å². The second kappa shape index (κ2) is 9.59. The largest absolute Gasteiger partial charge is 0.493 e. The summed E-state index contributed by atoms with van der Waals surface area (Å²) in [5, 5.41) is 6.63. The summed E-state index contributed by atoms with van der Waals surface area (Å²) in [6.07, 6.45) is 0.955. The van der Waals surface area contributed by atoms with Gasteiger partial charge in [-0.3, -0.25) is 4.79 Å². The highest BCUT2D eigenvalue weighted by Crippen LogP contribution is 2.31. The SMILES string of the molecule is CCc1ccc(OCC(=O)NCc2nc(-c3ccc(OC)c(OC)c3)no2)cc1. The van der Waals surface area contributed by atoms with Crippen molar-refractivity contribution in [2.45, 2.75) is 19.9 Å². The van der Waals surface area contributed by atoms with E-state index in [4.69, 9.17) is 18.7 Å². The van der Waals surface area contributed by atoms with Crippen LogP contribution in [0.5, 0.6) is 17.2 Å². The summed E-state index contributed by atoms with van der Waals surface area (Å²) in [6.45, 7) is 2.09. The fraction of sp³-hybridized carbons (Fsp3) is 0.286. The second-order valence-electron chi connectivity index (χ2n) is 6.14. The smallest absolute Gasteiger partial charge is 0.258 e. The van der Waals surface area contributed by atoms with E-state index in [1.165, 1.54) is 5.56 Å². The van der Waals surface area contributed by atoms with Crippen LogP contribution in [0.2, 0.25) is 0 Å². The Morgan fingerprint density at radius 2 is 1.83 bits per heavy atom. The number of amides is 1. The quantitative estimate of drug-likeness (QED) is 0.593. The number of methoxy groups -OCH3 is 2. The number of carbonyl (C=O) groups is 1. The van der Waals surface area contributed by atoms with Gasteiger partial charge in [-0.05, 0) is 42.3 Å². The molecule has 8 nitrogen and oxygen atoms in total. The van der Waals surface area contributed by atoms with Crippen LogP contribution in [0.3, 0.4) is 0 Å². The number of nitrogens with one attached hydrogen (secondary N) is 1. The van der Waals surface area contributed by atoms with Gasteiger partial charge < -0.3 is 24.1 Å². The number of rotatable bonds is 9. The minimum absolute atomic E-state index is 0.0951. The standard InChI is InChI=1S/C21H23N3O5/c1-4-14-5-8-16(9-6-14)28-13-19(25)22-12-20-23-21(24-29-20)15-7-10-17(26-2)18(11-15)27-3/h5-11H,4,12-13H2,1-3H3,(H,22,25). The first-order valence-corrected chi connectivity index (χ1v) is 9.16. The molecule has 29 heavy (non-hydrogen) atoms. The summed E-state index contributed by atoms with van der Waals surface area (Å²) >= 11 is 0. The summed E-state index contributed by atoms with van der Waals surface area (Å²) < 4.78 is 21.2. The average Bonchev–Trinajstić information content (AvgIpc) is 3.25. The molecule has 152 valence electrons. The maximum atomic E-state index is 12.0. The molecule has 0 unspecified atom stereocenters. The molecule has 1 N–H and O–H groups in total. The monoisotopic (exact) mass is 397 g/mol. The van der Waals surface area contributed by atoms with Gasteiger partial charge in [-0.1, -0.05) is 24.2 Å². The fourth-order valence-corrected chi connectivity index (χ4v) is 2.61. The van der Waals surface area contributed by atoms with Gasteiger partial charge in [0.2, 0.25) is 11.7 Å². The maximum absolute atomic E-state index is 12.0. The molecule has 3 rings (SSSR count). The van der Waals surface area contributed by atoms with E-state index < -0.39 is 0 Å². The van der Waals surface area contributed by atoms with E-state index in [1.54, 1.807) is 32.4 Å². The molecule has 0 aliphatic rings. The highest BCUT2D eigenvalue weighted by molar-refractivity contribution is 5.77. The first-order chi connectivity index (χ1) is 14.1. The van der Waals surface area contributed by atoms with Crippen molar-refractivity contribution < 1.29 is 23.5 Å². The molecule has 1 amide bonds. The molecule has 3 aromatic rings. The van der Waals surface area contributed by atoms with Crippen LogP contribution in [-0.2, 0) is 17.8 Å². The van der Waals surface area contributed by atoms with E-state index in [2.05, 4.69) is 22.4 Å². The Hall–Kier alpha value is -3.55. The molecule has 0 aliphatic carbocycles. The first-order valence-electron chi connectivity index (χ1n) is 9.16. The third-order valence-corrected chi connectivity index (χ3v) is 4.25. The molecule has 0 spiro atoms. The fourth-order valence-electron chi connectivity index (χ4n) is 2.61. The van der Waals surface area contributed by atoms with Crippen LogP contribution in [0, 0.1) is 0 Å². The molecule has 0 saturated carbocycles. The van der Waals surface area contributed by atoms with Crippen LogP contribution in [0.1, 0.15) is 18.4 Å². The van der Waals surface area contributed by atoms with Gasteiger partial charge in [0.15, 0.2) is 18.1 Å². The van der Waals surface area contributed by atoms with Crippen molar-refractivity contribution in [3.63, 3.8) is 0 Å². The molecule has 0 bridgehead atoms. The van der Waals surface area contributed by atoms with Crippen LogP contribution in [-0.4, -0.2) is 36.9 Å². The van der Waals surface area contributed by atoms with Crippen molar-refractivity contribution in [2.24, 2.45) is 0 Å². The van der Waals surface area contributed by atoms with E-state index >= 15 is 0 Å². The van der Waals surface area contributed by atoms with Crippen LogP contribution >= 0.6 is 0 Å². The maximum Gasteiger partial charge on any atom is 0.258 e. The molecule has 0 saturated heterocycles. The van der Waals surface area contributed by atoms with Gasteiger partial charge in [0.1, 0.15) is 5.75 Å². The highest BCUT2D eigenvalue weighted by Gasteiger charge is 2.13. The van der Waals surface area contributed by atoms with Crippen molar-refractivity contribution in [1.29, 1.82) is 0 Å². The van der Waals surface area contributed by atoms with Gasteiger partial charge in [-0.15, -0.1) is 0 Å². The predicted octanol–water partition coefficient (Wildman–Crippen LogP) is 3.01. The normalized spacial score (nSPS) is 10.4. The van der Waals surface area contributed by atoms with Crippen molar-refractivity contribution >= 4 is 5.91 Å². The molecular formula is C21H23N3O5. The van der Waals surface area contributed by atoms with E-state index in [-0.39, 0.29) is 24.9 Å². The third kappa shape index (κ3) is 5.25. The van der Waals surface area contributed by atoms with E-state index in [0.29, 0.717) is 28.6 Å². The third-order valence-electron chi connectivity index (χ3n) is 4.25. The number of hydrogen-bond donors (Lipinski definition) is 1. The second-order valence-corrected chi connectivity index (χ2v) is 6.14. The topological polar surface area (TPSA) is 95.7 Å². The molecule has 1 heterocycles. The summed E-state index contributed by atoms with van der Waals surface area (Å²) in [6, 6.07) is 13.0. The number of aromatic nitrogens is 2. The van der Waals surface area contributed by atoms with Crippen molar-refractivity contribution in [2.75, 3.05) is 20.8 Å². The minimum Gasteiger partial charge on any atom is -0.493 e. The van der Waals surface area contributed by atoms with Gasteiger partial charge in [-0.2, -0.15) is 4.98 Å². The average molecular weight is 397 g/mol. The molecule has 0 aliphatic heterocycles. The Kier molecular flexibility index (Phi) is 6.67. The van der Waals surface area contributed by atoms with Gasteiger partial charge in [0.05, 0.1) is 20.8 Å². The molecular weight excluding hydrogens is 374 g/mol. The molecule has 0 fully saturated rings. The summed E-state index contributed by atoms with van der Waals surface area (Å²) in [5.41, 5.74) is 1.92. The first kappa shape index (κ1) is 20.2. The van der Waals surface area contributed by atoms with Gasteiger partial charge in [0.25, 0.3) is 5.91 Å². The summed E-state index contributed by atoms with van der Waals surface area (Å²) in [7, 11) is 3.12. The van der Waals surface area contributed by atoms with Crippen molar-refractivity contribution in [3.05, 3.63) is 53.9 Å². The zero-order valence-electron chi connectivity index (χ0n) is 16.6. The zero-order chi connectivity index (χ0) is 20.6. The Labute approximate surface area is 168 Å². The van der Waals surface area contributed by atoms with Gasteiger partial charge >= 0.3 is 0 Å². The van der Waals surface area contributed by atoms with E-state index in [0.717, 1.165) is 6.42 Å². The van der Waals surface area contributed by atoms with Crippen molar-refractivity contribution in [1.82, 2.24) is 15.5 Å². The summed E-state index contributed by atoms with van der Waals surface area (Å²) in [4.78, 5) is 16.3.